The van der Waals surface area contributed by atoms with E-state index in [9.17, 15) is 13.2 Å². The Balaban J connectivity index is 1.43. The molecule has 10 heteroatoms. The van der Waals surface area contributed by atoms with Gasteiger partial charge < -0.3 is 14.8 Å². The van der Waals surface area contributed by atoms with Crippen molar-refractivity contribution in [3.63, 3.8) is 0 Å². The molecule has 0 aromatic heterocycles. The molecule has 0 spiro atoms. The third-order valence-electron chi connectivity index (χ3n) is 5.30. The van der Waals surface area contributed by atoms with Crippen molar-refractivity contribution >= 4 is 39.1 Å². The smallest absolute Gasteiger partial charge is 0.223 e. The van der Waals surface area contributed by atoms with Crippen molar-refractivity contribution in [2.45, 2.75) is 18.6 Å². The van der Waals surface area contributed by atoms with E-state index in [2.05, 4.69) is 5.32 Å². The fourth-order valence-corrected chi connectivity index (χ4v) is 5.69. The molecule has 174 valence electrons. The molecular formula is C22H26Cl2N2O5S. The highest BCUT2D eigenvalue weighted by Crippen LogP contribution is 2.27. The van der Waals surface area contributed by atoms with Crippen LogP contribution in [0.5, 0.6) is 11.5 Å². The fraction of sp³-hybridized carbons (Fsp3) is 0.409. The number of amides is 1. The quantitative estimate of drug-likeness (QED) is 0.530. The van der Waals surface area contributed by atoms with E-state index < -0.39 is 10.0 Å². The largest absolute Gasteiger partial charge is 0.493 e. The Kier molecular flexibility index (Phi) is 8.64. The Morgan fingerprint density at radius 1 is 1.12 bits per heavy atom. The van der Waals surface area contributed by atoms with Crippen molar-refractivity contribution in [2.24, 2.45) is 5.92 Å². The van der Waals surface area contributed by atoms with Crippen molar-refractivity contribution in [1.29, 1.82) is 0 Å². The molecule has 7 nitrogen and oxygen atoms in total. The number of nitrogens with zero attached hydrogens (tertiary/aromatic N) is 1. The minimum atomic E-state index is -3.54. The van der Waals surface area contributed by atoms with Gasteiger partial charge in [-0.25, -0.2) is 12.7 Å². The first-order valence-corrected chi connectivity index (χ1v) is 12.6. The lowest BCUT2D eigenvalue weighted by Crippen LogP contribution is -2.44. The fourth-order valence-electron chi connectivity index (χ4n) is 3.54. The molecule has 0 aliphatic carbocycles. The monoisotopic (exact) mass is 500 g/mol. The first-order chi connectivity index (χ1) is 15.3. The number of ether oxygens (including phenoxy) is 2. The zero-order valence-electron chi connectivity index (χ0n) is 17.7. The molecule has 1 aliphatic heterocycles. The van der Waals surface area contributed by atoms with Gasteiger partial charge in [0.15, 0.2) is 11.5 Å². The van der Waals surface area contributed by atoms with E-state index >= 15 is 0 Å². The zero-order chi connectivity index (χ0) is 23.1. The van der Waals surface area contributed by atoms with Crippen LogP contribution < -0.4 is 14.8 Å². The molecule has 32 heavy (non-hydrogen) atoms. The van der Waals surface area contributed by atoms with Gasteiger partial charge in [-0.2, -0.15) is 0 Å². The number of sulfonamides is 1. The molecule has 1 N–H and O–H groups in total. The average molecular weight is 501 g/mol. The zero-order valence-corrected chi connectivity index (χ0v) is 20.0. The summed E-state index contributed by atoms with van der Waals surface area (Å²) in [5, 5.41) is 3.64. The van der Waals surface area contributed by atoms with Crippen LogP contribution in [-0.2, 0) is 20.6 Å². The van der Waals surface area contributed by atoms with Gasteiger partial charge in [0.1, 0.15) is 6.61 Å². The number of para-hydroxylation sites is 2. The summed E-state index contributed by atoms with van der Waals surface area (Å²) in [6.45, 7) is 1.25. The summed E-state index contributed by atoms with van der Waals surface area (Å²) in [6.07, 6.45) is 0.930. The van der Waals surface area contributed by atoms with E-state index in [1.807, 2.05) is 12.1 Å². The highest BCUT2D eigenvalue weighted by molar-refractivity contribution is 7.88. The summed E-state index contributed by atoms with van der Waals surface area (Å²) in [6, 6.07) is 12.1. The summed E-state index contributed by atoms with van der Waals surface area (Å²) in [7, 11) is -1.97. The van der Waals surface area contributed by atoms with Gasteiger partial charge in [0.2, 0.25) is 15.9 Å². The van der Waals surface area contributed by atoms with Crippen molar-refractivity contribution < 1.29 is 22.7 Å². The summed E-state index contributed by atoms with van der Waals surface area (Å²) >= 11 is 12.0. The van der Waals surface area contributed by atoms with E-state index in [1.54, 1.807) is 31.4 Å². The van der Waals surface area contributed by atoms with E-state index in [4.69, 9.17) is 32.7 Å². The second-order valence-electron chi connectivity index (χ2n) is 7.46. The molecule has 0 atom stereocenters. The summed E-state index contributed by atoms with van der Waals surface area (Å²) in [5.74, 6) is 0.731. The number of rotatable bonds is 9. The Morgan fingerprint density at radius 3 is 2.47 bits per heavy atom. The molecular weight excluding hydrogens is 475 g/mol. The topological polar surface area (TPSA) is 84.9 Å². The van der Waals surface area contributed by atoms with Crippen LogP contribution in [0, 0.1) is 5.92 Å². The third-order valence-corrected chi connectivity index (χ3v) is 7.71. The van der Waals surface area contributed by atoms with E-state index in [0.29, 0.717) is 66.2 Å². The minimum absolute atomic E-state index is 0.0913. The van der Waals surface area contributed by atoms with Crippen LogP contribution in [0.1, 0.15) is 18.4 Å². The van der Waals surface area contributed by atoms with Gasteiger partial charge in [-0.3, -0.25) is 4.79 Å². The second kappa shape index (κ2) is 11.2. The minimum Gasteiger partial charge on any atom is -0.493 e. The maximum Gasteiger partial charge on any atom is 0.223 e. The Morgan fingerprint density at radius 2 is 1.81 bits per heavy atom. The van der Waals surface area contributed by atoms with Gasteiger partial charge in [-0.05, 0) is 42.7 Å². The summed E-state index contributed by atoms with van der Waals surface area (Å²) < 4.78 is 37.9. The molecule has 1 heterocycles. The van der Waals surface area contributed by atoms with Crippen molar-refractivity contribution in [2.75, 3.05) is 33.4 Å². The number of methoxy groups -OCH3 is 1. The van der Waals surface area contributed by atoms with Gasteiger partial charge in [0.25, 0.3) is 0 Å². The molecule has 1 aliphatic rings. The SMILES string of the molecule is COc1ccccc1OCCNC(=O)C1CCN(S(=O)(=O)Cc2ccc(Cl)cc2Cl)CC1. The molecule has 0 bridgehead atoms. The first-order valence-electron chi connectivity index (χ1n) is 10.3. The maximum absolute atomic E-state index is 12.8. The predicted octanol–water partition coefficient (Wildman–Crippen LogP) is 3.74. The van der Waals surface area contributed by atoms with Crippen molar-refractivity contribution in [1.82, 2.24) is 9.62 Å². The predicted molar refractivity (Wildman–Crippen MR) is 125 cm³/mol. The van der Waals surface area contributed by atoms with Crippen LogP contribution in [0.2, 0.25) is 10.0 Å². The van der Waals surface area contributed by atoms with Crippen molar-refractivity contribution in [3.05, 3.63) is 58.1 Å². The molecule has 2 aromatic rings. The van der Waals surface area contributed by atoms with E-state index in [1.165, 1.54) is 10.4 Å². The number of piperidine rings is 1. The normalized spacial score (nSPS) is 15.3. The number of hydrogen-bond acceptors (Lipinski definition) is 5. The third kappa shape index (κ3) is 6.51. The van der Waals surface area contributed by atoms with Gasteiger partial charge in [0.05, 0.1) is 19.4 Å². The highest BCUT2D eigenvalue weighted by Gasteiger charge is 2.31. The molecule has 1 amide bonds. The lowest BCUT2D eigenvalue weighted by Gasteiger charge is -2.30. The number of benzene rings is 2. The molecule has 3 rings (SSSR count). The van der Waals surface area contributed by atoms with Gasteiger partial charge in [-0.15, -0.1) is 0 Å². The van der Waals surface area contributed by atoms with E-state index in [-0.39, 0.29) is 17.6 Å². The van der Waals surface area contributed by atoms with Crippen LogP contribution in [-0.4, -0.2) is 52.0 Å². The van der Waals surface area contributed by atoms with Gasteiger partial charge in [0, 0.05) is 29.1 Å². The van der Waals surface area contributed by atoms with Crippen LogP contribution in [0.25, 0.3) is 0 Å². The molecule has 0 radical (unpaired) electrons. The number of nitrogens with one attached hydrogen (secondary N) is 1. The summed E-state index contributed by atoms with van der Waals surface area (Å²) in [5.41, 5.74) is 0.506. The van der Waals surface area contributed by atoms with Crippen LogP contribution in [0.15, 0.2) is 42.5 Å². The lowest BCUT2D eigenvalue weighted by atomic mass is 9.97. The average Bonchev–Trinajstić information content (AvgIpc) is 2.78. The summed E-state index contributed by atoms with van der Waals surface area (Å²) in [4.78, 5) is 12.5. The number of carbonyl (C=O) groups is 1. The number of carbonyl (C=O) groups excluding carboxylic acids is 1. The van der Waals surface area contributed by atoms with Crippen LogP contribution in [0.3, 0.4) is 0 Å². The van der Waals surface area contributed by atoms with Crippen LogP contribution in [0.4, 0.5) is 0 Å². The van der Waals surface area contributed by atoms with Crippen molar-refractivity contribution in [3.8, 4) is 11.5 Å². The lowest BCUT2D eigenvalue weighted by molar-refractivity contribution is -0.126. The van der Waals surface area contributed by atoms with Gasteiger partial charge >= 0.3 is 0 Å². The van der Waals surface area contributed by atoms with Crippen LogP contribution >= 0.6 is 23.2 Å². The Bertz CT molecular complexity index is 1040. The second-order valence-corrected chi connectivity index (χ2v) is 10.3. The highest BCUT2D eigenvalue weighted by atomic mass is 35.5. The Hall–Kier alpha value is -2.00. The maximum atomic E-state index is 12.8. The number of hydrogen-bond donors (Lipinski definition) is 1. The first kappa shape index (κ1) is 24.6. The molecule has 1 saturated heterocycles. The molecule has 0 saturated carbocycles. The standard InChI is InChI=1S/C22H26Cl2N2O5S/c1-30-20-4-2-3-5-21(20)31-13-10-25-22(27)16-8-11-26(12-9-16)32(28,29)15-17-6-7-18(23)14-19(17)24/h2-7,14,16H,8-13,15H2,1H3,(H,25,27). The van der Waals surface area contributed by atoms with Gasteiger partial charge in [-0.1, -0.05) is 41.4 Å². The molecule has 2 aromatic carbocycles. The number of halogens is 2. The molecule has 0 unspecified atom stereocenters. The molecule has 1 fully saturated rings. The van der Waals surface area contributed by atoms with E-state index in [0.717, 1.165) is 0 Å². The Labute approximate surface area is 198 Å².